The summed E-state index contributed by atoms with van der Waals surface area (Å²) in [5.74, 6) is -0.911. The van der Waals surface area contributed by atoms with Crippen LogP contribution in [0, 0.1) is 5.82 Å². The third kappa shape index (κ3) is 4.89. The highest BCUT2D eigenvalue weighted by atomic mass is 35.5. The van der Waals surface area contributed by atoms with Crippen LogP contribution in [0.4, 0.5) is 17.6 Å². The van der Waals surface area contributed by atoms with E-state index in [1.54, 1.807) is 0 Å². The first-order chi connectivity index (χ1) is 15.6. The maximum atomic E-state index is 14.5. The normalized spacial score (nSPS) is 13.0. The van der Waals surface area contributed by atoms with Crippen molar-refractivity contribution in [3.05, 3.63) is 52.0 Å². The van der Waals surface area contributed by atoms with Gasteiger partial charge in [-0.25, -0.2) is 9.37 Å². The standard InChI is InChI=1S/C19H13Cl2F4N5O2S/c20-11-3-15(32-7-9(31)4-26)13(22)2-10(11)17-28-29-18(33-17)14-6-30-5-8(19(23,24)25)1-12(21)16(30)27-14/h1-3,5-6,9,31H,4,7,26H2. The summed E-state index contributed by atoms with van der Waals surface area (Å²) >= 11 is 13.2. The van der Waals surface area contributed by atoms with Crippen molar-refractivity contribution in [3.63, 3.8) is 0 Å². The van der Waals surface area contributed by atoms with Gasteiger partial charge in [0.2, 0.25) is 0 Å². The van der Waals surface area contributed by atoms with Crippen molar-refractivity contribution in [2.75, 3.05) is 13.2 Å². The number of ether oxygens (including phenoxy) is 1. The molecule has 1 aromatic carbocycles. The lowest BCUT2D eigenvalue weighted by molar-refractivity contribution is -0.137. The van der Waals surface area contributed by atoms with Crippen LogP contribution in [-0.4, -0.2) is 43.9 Å². The predicted molar refractivity (Wildman–Crippen MR) is 115 cm³/mol. The first kappa shape index (κ1) is 23.6. The quantitative estimate of drug-likeness (QED) is 0.357. The summed E-state index contributed by atoms with van der Waals surface area (Å²) in [5.41, 5.74) is 4.93. The molecule has 3 heterocycles. The minimum atomic E-state index is -4.57. The molecular formula is C19H13Cl2F4N5O2S. The highest BCUT2D eigenvalue weighted by molar-refractivity contribution is 7.18. The van der Waals surface area contributed by atoms with E-state index in [1.807, 2.05) is 0 Å². The van der Waals surface area contributed by atoms with E-state index in [2.05, 4.69) is 15.2 Å². The summed E-state index contributed by atoms with van der Waals surface area (Å²) in [7, 11) is 0. The average molecular weight is 522 g/mol. The van der Waals surface area contributed by atoms with Gasteiger partial charge >= 0.3 is 6.18 Å². The Bertz CT molecular complexity index is 1330. The van der Waals surface area contributed by atoms with Gasteiger partial charge in [-0.3, -0.25) is 0 Å². The number of imidazole rings is 1. The molecule has 174 valence electrons. The van der Waals surface area contributed by atoms with Gasteiger partial charge < -0.3 is 20.0 Å². The van der Waals surface area contributed by atoms with Crippen molar-refractivity contribution in [2.24, 2.45) is 5.73 Å². The maximum absolute atomic E-state index is 14.5. The minimum absolute atomic E-state index is 0.0488. The zero-order valence-corrected chi connectivity index (χ0v) is 18.6. The molecule has 0 aliphatic heterocycles. The van der Waals surface area contributed by atoms with Gasteiger partial charge in [-0.15, -0.1) is 10.2 Å². The molecule has 0 saturated heterocycles. The molecule has 0 bridgehead atoms. The van der Waals surface area contributed by atoms with Crippen molar-refractivity contribution in [1.82, 2.24) is 19.6 Å². The fourth-order valence-corrected chi connectivity index (χ4v) is 4.19. The molecule has 3 N–H and O–H groups in total. The number of pyridine rings is 1. The first-order valence-corrected chi connectivity index (χ1v) is 10.7. The number of aromatic nitrogens is 4. The second kappa shape index (κ2) is 9.03. The molecule has 0 amide bonds. The molecule has 1 atom stereocenters. The number of fused-ring (bicyclic) bond motifs is 1. The van der Waals surface area contributed by atoms with Gasteiger partial charge in [0.15, 0.2) is 22.2 Å². The van der Waals surface area contributed by atoms with Gasteiger partial charge in [0, 0.05) is 30.6 Å². The summed E-state index contributed by atoms with van der Waals surface area (Å²) in [6, 6.07) is 3.13. The third-order valence-electron chi connectivity index (χ3n) is 4.43. The number of nitrogens with zero attached hydrogens (tertiary/aromatic N) is 4. The SMILES string of the molecule is NCC(O)COc1cc(Cl)c(-c2nnc(-c3cn4cc(C(F)(F)F)cc(Cl)c4n3)s2)cc1F. The van der Waals surface area contributed by atoms with Crippen LogP contribution in [0.15, 0.2) is 30.6 Å². The molecule has 4 rings (SSSR count). The fourth-order valence-electron chi connectivity index (χ4n) is 2.81. The van der Waals surface area contributed by atoms with E-state index >= 15 is 0 Å². The Morgan fingerprint density at radius 1 is 1.12 bits per heavy atom. The topological polar surface area (TPSA) is 98.6 Å². The summed E-state index contributed by atoms with van der Waals surface area (Å²) in [6.07, 6.45) is -3.33. The zero-order valence-electron chi connectivity index (χ0n) is 16.3. The van der Waals surface area contributed by atoms with E-state index in [0.717, 1.165) is 34.1 Å². The number of aliphatic hydroxyl groups excluding tert-OH is 1. The molecule has 0 fully saturated rings. The van der Waals surface area contributed by atoms with Crippen molar-refractivity contribution < 1.29 is 27.4 Å². The Morgan fingerprint density at radius 3 is 2.55 bits per heavy atom. The van der Waals surface area contributed by atoms with E-state index in [9.17, 15) is 22.7 Å². The molecule has 33 heavy (non-hydrogen) atoms. The lowest BCUT2D eigenvalue weighted by Gasteiger charge is -2.12. The monoisotopic (exact) mass is 521 g/mol. The van der Waals surface area contributed by atoms with Gasteiger partial charge in [-0.05, 0) is 12.1 Å². The van der Waals surface area contributed by atoms with E-state index in [1.165, 1.54) is 12.3 Å². The van der Waals surface area contributed by atoms with Crippen LogP contribution in [0.5, 0.6) is 5.75 Å². The molecule has 4 aromatic rings. The van der Waals surface area contributed by atoms with Crippen molar-refractivity contribution >= 4 is 40.2 Å². The Labute approximate surface area is 197 Å². The van der Waals surface area contributed by atoms with Crippen LogP contribution >= 0.6 is 34.5 Å². The van der Waals surface area contributed by atoms with Crippen LogP contribution in [0.3, 0.4) is 0 Å². The number of nitrogens with two attached hydrogens (primary N) is 1. The number of rotatable bonds is 6. The van der Waals surface area contributed by atoms with Crippen LogP contribution in [0.2, 0.25) is 10.0 Å². The van der Waals surface area contributed by atoms with Crippen LogP contribution in [0.25, 0.3) is 26.9 Å². The van der Waals surface area contributed by atoms with E-state index < -0.39 is 23.7 Å². The van der Waals surface area contributed by atoms with Crippen molar-refractivity contribution in [3.8, 4) is 27.0 Å². The van der Waals surface area contributed by atoms with E-state index in [4.69, 9.17) is 33.7 Å². The summed E-state index contributed by atoms with van der Waals surface area (Å²) in [5, 5.41) is 17.9. The molecule has 7 nitrogen and oxygen atoms in total. The molecule has 0 radical (unpaired) electrons. The van der Waals surface area contributed by atoms with E-state index in [-0.39, 0.29) is 55.9 Å². The Morgan fingerprint density at radius 2 is 1.85 bits per heavy atom. The number of halogens is 6. The number of hydrogen-bond donors (Lipinski definition) is 2. The largest absolute Gasteiger partial charge is 0.488 e. The summed E-state index contributed by atoms with van der Waals surface area (Å²) < 4.78 is 59.9. The Kier molecular flexibility index (Phi) is 6.47. The molecule has 1 unspecified atom stereocenters. The fraction of sp³-hybridized carbons (Fsp3) is 0.211. The highest BCUT2D eigenvalue weighted by Crippen LogP contribution is 2.38. The van der Waals surface area contributed by atoms with Crippen LogP contribution in [-0.2, 0) is 6.18 Å². The highest BCUT2D eigenvalue weighted by Gasteiger charge is 2.32. The van der Waals surface area contributed by atoms with Gasteiger partial charge in [0.05, 0.1) is 15.6 Å². The number of hydrogen-bond acceptors (Lipinski definition) is 7. The smallest absolute Gasteiger partial charge is 0.417 e. The van der Waals surface area contributed by atoms with Crippen LogP contribution < -0.4 is 10.5 Å². The number of benzene rings is 1. The predicted octanol–water partition coefficient (Wildman–Crippen LogP) is 4.68. The maximum Gasteiger partial charge on any atom is 0.417 e. The minimum Gasteiger partial charge on any atom is -0.488 e. The van der Waals surface area contributed by atoms with Crippen molar-refractivity contribution in [2.45, 2.75) is 12.3 Å². The van der Waals surface area contributed by atoms with Gasteiger partial charge in [-0.2, -0.15) is 13.2 Å². The summed E-state index contributed by atoms with van der Waals surface area (Å²) in [4.78, 5) is 4.23. The number of aliphatic hydroxyl groups is 1. The van der Waals surface area contributed by atoms with E-state index in [0.29, 0.717) is 0 Å². The Balaban J connectivity index is 1.65. The lowest BCUT2D eigenvalue weighted by atomic mass is 10.2. The molecular weight excluding hydrogens is 509 g/mol. The average Bonchev–Trinajstić information content (AvgIpc) is 3.40. The molecule has 0 aliphatic rings. The van der Waals surface area contributed by atoms with Gasteiger partial charge in [0.25, 0.3) is 0 Å². The molecule has 3 aromatic heterocycles. The molecule has 0 saturated carbocycles. The second-order valence-electron chi connectivity index (χ2n) is 6.81. The molecule has 0 aliphatic carbocycles. The number of alkyl halides is 3. The Hall–Kier alpha value is -2.51. The summed E-state index contributed by atoms with van der Waals surface area (Å²) in [6.45, 7) is -0.259. The molecule has 14 heteroatoms. The van der Waals surface area contributed by atoms with Gasteiger partial charge in [-0.1, -0.05) is 34.5 Å². The first-order valence-electron chi connectivity index (χ1n) is 9.16. The van der Waals surface area contributed by atoms with Crippen molar-refractivity contribution in [1.29, 1.82) is 0 Å². The molecule has 0 spiro atoms. The second-order valence-corrected chi connectivity index (χ2v) is 8.60. The van der Waals surface area contributed by atoms with Crippen LogP contribution in [0.1, 0.15) is 5.56 Å². The lowest BCUT2D eigenvalue weighted by Crippen LogP contribution is -2.26. The zero-order chi connectivity index (χ0) is 23.9. The van der Waals surface area contributed by atoms with Gasteiger partial charge in [0.1, 0.15) is 23.4 Å². The third-order valence-corrected chi connectivity index (χ3v) is 6.00.